The van der Waals surface area contributed by atoms with Crippen molar-refractivity contribution < 1.29 is 39.0 Å². The molecule has 8 aliphatic rings. The predicted molar refractivity (Wildman–Crippen MR) is 202 cm³/mol. The van der Waals surface area contributed by atoms with E-state index in [2.05, 4.69) is 44.4 Å². The van der Waals surface area contributed by atoms with Crippen LogP contribution < -0.4 is 0 Å². The van der Waals surface area contributed by atoms with Crippen molar-refractivity contribution in [2.24, 2.45) is 50.7 Å². The van der Waals surface area contributed by atoms with Crippen LogP contribution in [-0.2, 0) is 23.7 Å². The highest BCUT2D eigenvalue weighted by Crippen LogP contribution is 2.89. The number of β-amino-alcohol motifs (C(OH)–C–C–N with tert-alkyl or cyclic N) is 1. The summed E-state index contributed by atoms with van der Waals surface area (Å²) < 4.78 is 31.6. The molecule has 14 atom stereocenters. The molecule has 0 amide bonds. The van der Waals surface area contributed by atoms with Crippen LogP contribution in [0.5, 0.6) is 0 Å². The Balaban J connectivity index is 0.956. The molecule has 10 nitrogen and oxygen atoms in total. The normalized spacial score (nSPS) is 49.5. The van der Waals surface area contributed by atoms with Crippen molar-refractivity contribution in [1.29, 1.82) is 0 Å². The zero-order valence-electron chi connectivity index (χ0n) is 34.6. The molecule has 8 fully saturated rings. The van der Waals surface area contributed by atoms with Crippen LogP contribution in [0.1, 0.15) is 107 Å². The highest BCUT2D eigenvalue weighted by molar-refractivity contribution is 5.33. The predicted octanol–water partition coefficient (Wildman–Crippen LogP) is 4.71. The van der Waals surface area contributed by atoms with Crippen LogP contribution in [0.25, 0.3) is 0 Å². The Bertz CT molecular complexity index is 1350. The van der Waals surface area contributed by atoms with E-state index < -0.39 is 23.4 Å². The van der Waals surface area contributed by atoms with Gasteiger partial charge < -0.3 is 39.0 Å². The van der Waals surface area contributed by atoms with E-state index >= 15 is 0 Å². The van der Waals surface area contributed by atoms with Crippen molar-refractivity contribution in [3.63, 3.8) is 0 Å². The Morgan fingerprint density at radius 2 is 1.70 bits per heavy atom. The smallest absolute Gasteiger partial charge is 0.170 e. The lowest BCUT2D eigenvalue weighted by molar-refractivity contribution is -0.252. The highest BCUT2D eigenvalue weighted by atomic mass is 16.7. The van der Waals surface area contributed by atoms with E-state index in [0.717, 1.165) is 38.8 Å². The molecule has 0 bridgehead atoms. The lowest BCUT2D eigenvalue weighted by Crippen LogP contribution is -2.67. The molecule has 3 saturated heterocycles. The molecule has 0 aromatic carbocycles. The summed E-state index contributed by atoms with van der Waals surface area (Å²) in [6.45, 7) is 24.2. The number of rotatable bonds is 11. The number of methoxy groups -OCH3 is 1. The van der Waals surface area contributed by atoms with Crippen molar-refractivity contribution >= 4 is 0 Å². The fourth-order valence-corrected chi connectivity index (χ4v) is 15.5. The molecule has 5 aliphatic carbocycles. The lowest BCUT2D eigenvalue weighted by Gasteiger charge is -2.64. The van der Waals surface area contributed by atoms with Crippen molar-refractivity contribution in [2.75, 3.05) is 66.2 Å². The zero-order chi connectivity index (χ0) is 38.0. The van der Waals surface area contributed by atoms with E-state index in [4.69, 9.17) is 23.7 Å². The number of morpholine rings is 1. The summed E-state index contributed by atoms with van der Waals surface area (Å²) in [7, 11) is 1.73. The standard InChI is InChI=1S/C43H74N2O8/c1-10-50-36(38(5,6)47)28-21-27(2)33-34(52-28)35(46)40(8)30-12-11-29-37(3,4)31(13-14-42(29)23-43(30,42)16-15-39(33,40)7)53-32-22-44(18-20-51-32)24-41(48)25-45(26-41)17-19-49-9/h27-36,46-48H,10-26H2,1-9H3/t27-,28?,29+,30?,31+,32+,33+,34?,35+,36+,39-,40-,42-,43+/m1/s1. The van der Waals surface area contributed by atoms with Crippen LogP contribution in [0.15, 0.2) is 0 Å². The molecule has 0 aromatic rings. The van der Waals surface area contributed by atoms with Crippen LogP contribution in [0.2, 0.25) is 0 Å². The average molecular weight is 747 g/mol. The fourth-order valence-electron chi connectivity index (χ4n) is 15.5. The molecule has 5 saturated carbocycles. The average Bonchev–Trinajstić information content (AvgIpc) is 3.71. The van der Waals surface area contributed by atoms with Crippen molar-refractivity contribution in [2.45, 2.75) is 155 Å². The Labute approximate surface area is 319 Å². The van der Waals surface area contributed by atoms with Gasteiger partial charge in [0.05, 0.1) is 43.2 Å². The topological polar surface area (TPSA) is 113 Å². The number of likely N-dealkylation sites (tertiary alicyclic amines) is 1. The molecule has 304 valence electrons. The monoisotopic (exact) mass is 747 g/mol. The molecule has 0 aromatic heterocycles. The van der Waals surface area contributed by atoms with Crippen LogP contribution in [-0.4, -0.2) is 139 Å². The third-order valence-electron chi connectivity index (χ3n) is 17.7. The number of aliphatic hydroxyl groups is 3. The number of aliphatic hydroxyl groups excluding tert-OH is 1. The maximum absolute atomic E-state index is 12.7. The van der Waals surface area contributed by atoms with Gasteiger partial charge >= 0.3 is 0 Å². The summed E-state index contributed by atoms with van der Waals surface area (Å²) in [6.07, 6.45) is 7.57. The van der Waals surface area contributed by atoms with E-state index in [1.807, 2.05) is 20.8 Å². The van der Waals surface area contributed by atoms with E-state index in [0.29, 0.717) is 75.1 Å². The van der Waals surface area contributed by atoms with Gasteiger partial charge in [0.25, 0.3) is 0 Å². The van der Waals surface area contributed by atoms with E-state index in [1.54, 1.807) is 7.11 Å². The number of hydrogen-bond acceptors (Lipinski definition) is 10. The van der Waals surface area contributed by atoms with Gasteiger partial charge in [-0.2, -0.15) is 0 Å². The van der Waals surface area contributed by atoms with E-state index in [-0.39, 0.29) is 46.3 Å². The minimum Gasteiger partial charge on any atom is -0.390 e. The van der Waals surface area contributed by atoms with Gasteiger partial charge in [0.1, 0.15) is 11.7 Å². The SMILES string of the molecule is CCO[C@@H](C1C[C@@H](C)[C@H]2C(O1)[C@H](O)[C@@]1(C)C3CC[C@H]4C(C)(C)[C@@H](O[C@H]5CN(CC6(O)CN(CCOC)C6)CCO5)CC[C@@]45C[C@@]35CC[C@]21C)C(C)(C)O. The Morgan fingerprint density at radius 1 is 0.981 bits per heavy atom. The van der Waals surface area contributed by atoms with E-state index in [1.165, 1.54) is 25.7 Å². The van der Waals surface area contributed by atoms with Crippen molar-refractivity contribution in [1.82, 2.24) is 9.80 Å². The Morgan fingerprint density at radius 3 is 2.40 bits per heavy atom. The highest BCUT2D eigenvalue weighted by Gasteiger charge is 2.84. The quantitative estimate of drug-likeness (QED) is 0.275. The molecule has 3 aliphatic heterocycles. The molecule has 2 spiro atoms. The number of fused-ring (bicyclic) bond motifs is 4. The van der Waals surface area contributed by atoms with Gasteiger partial charge in [-0.25, -0.2) is 0 Å². The summed E-state index contributed by atoms with van der Waals surface area (Å²) in [6, 6.07) is 0. The number of nitrogens with zero attached hydrogens (tertiary/aromatic N) is 2. The summed E-state index contributed by atoms with van der Waals surface area (Å²) in [5.41, 5.74) is -1.31. The third kappa shape index (κ3) is 5.83. The molecule has 8 rings (SSSR count). The summed E-state index contributed by atoms with van der Waals surface area (Å²) in [5, 5.41) is 35.0. The second kappa shape index (κ2) is 13.3. The summed E-state index contributed by atoms with van der Waals surface area (Å²) in [4.78, 5) is 4.60. The van der Waals surface area contributed by atoms with Gasteiger partial charge in [-0.05, 0) is 117 Å². The largest absolute Gasteiger partial charge is 0.390 e. The fraction of sp³-hybridized carbons (Fsp3) is 1.00. The first-order valence-electron chi connectivity index (χ1n) is 21.5. The molecule has 3 N–H and O–H groups in total. The lowest BCUT2D eigenvalue weighted by atomic mass is 9.41. The first-order chi connectivity index (χ1) is 24.9. The van der Waals surface area contributed by atoms with Crippen LogP contribution in [0.4, 0.5) is 0 Å². The number of hydrogen-bond donors (Lipinski definition) is 3. The van der Waals surface area contributed by atoms with Gasteiger partial charge in [0, 0.05) is 58.4 Å². The molecule has 0 radical (unpaired) electrons. The summed E-state index contributed by atoms with van der Waals surface area (Å²) in [5.74, 6) is 1.73. The van der Waals surface area contributed by atoms with Gasteiger partial charge in [-0.1, -0.05) is 34.6 Å². The van der Waals surface area contributed by atoms with Crippen molar-refractivity contribution in [3.8, 4) is 0 Å². The van der Waals surface area contributed by atoms with Crippen molar-refractivity contribution in [3.05, 3.63) is 0 Å². The first kappa shape index (κ1) is 39.4. The molecule has 10 heteroatoms. The van der Waals surface area contributed by atoms with Crippen LogP contribution in [0.3, 0.4) is 0 Å². The Kier molecular flexibility index (Phi) is 9.91. The zero-order valence-corrected chi connectivity index (χ0v) is 34.6. The van der Waals surface area contributed by atoms with Gasteiger partial charge in [0.15, 0.2) is 6.29 Å². The van der Waals surface area contributed by atoms with Gasteiger partial charge in [-0.3, -0.25) is 9.80 Å². The van der Waals surface area contributed by atoms with E-state index in [9.17, 15) is 15.3 Å². The molecular formula is C43H74N2O8. The van der Waals surface area contributed by atoms with Gasteiger partial charge in [0.2, 0.25) is 0 Å². The molecule has 3 heterocycles. The van der Waals surface area contributed by atoms with Crippen LogP contribution >= 0.6 is 0 Å². The third-order valence-corrected chi connectivity index (χ3v) is 17.7. The second-order valence-electron chi connectivity index (χ2n) is 21.2. The minimum atomic E-state index is -1.02. The maximum Gasteiger partial charge on any atom is 0.170 e. The molecule has 3 unspecified atom stereocenters. The van der Waals surface area contributed by atoms with Crippen LogP contribution in [0, 0.1) is 50.7 Å². The molecule has 53 heavy (non-hydrogen) atoms. The van der Waals surface area contributed by atoms with Gasteiger partial charge in [-0.15, -0.1) is 0 Å². The summed E-state index contributed by atoms with van der Waals surface area (Å²) >= 11 is 0. The maximum atomic E-state index is 12.7. The Hall–Kier alpha value is -0.400. The minimum absolute atomic E-state index is 0.00128. The second-order valence-corrected chi connectivity index (χ2v) is 21.2. The molecular weight excluding hydrogens is 672 g/mol. The number of ether oxygens (including phenoxy) is 5. The first-order valence-corrected chi connectivity index (χ1v) is 21.5.